The van der Waals surface area contributed by atoms with Crippen molar-refractivity contribution in [1.29, 1.82) is 0 Å². The Morgan fingerprint density at radius 2 is 2.56 bits per heavy atom. The average molecular weight is 207 g/mol. The van der Waals surface area contributed by atoms with E-state index in [9.17, 15) is 0 Å². The van der Waals surface area contributed by atoms with Gasteiger partial charge in [-0.2, -0.15) is 0 Å². The number of nitrogens with zero attached hydrogens (tertiary/aromatic N) is 2. The Hall–Kier alpha value is 0.0400. The zero-order valence-electron chi connectivity index (χ0n) is 4.78. The van der Waals surface area contributed by atoms with Gasteiger partial charge < -0.3 is 4.90 Å². The van der Waals surface area contributed by atoms with Gasteiger partial charge in [-0.3, -0.25) is 4.99 Å². The van der Waals surface area contributed by atoms with Gasteiger partial charge in [0.1, 0.15) is 0 Å². The molecule has 0 aromatic rings. The van der Waals surface area contributed by atoms with Crippen molar-refractivity contribution >= 4 is 33.9 Å². The Labute approximate surface area is 68.8 Å². The van der Waals surface area contributed by atoms with Gasteiger partial charge in [0.25, 0.3) is 0 Å². The summed E-state index contributed by atoms with van der Waals surface area (Å²) in [5.41, 5.74) is 0. The summed E-state index contributed by atoms with van der Waals surface area (Å²) in [5, 5.41) is 3.24. The predicted octanol–water partition coefficient (Wildman–Crippen LogP) is 1.45. The van der Waals surface area contributed by atoms with E-state index in [0.717, 1.165) is 13.1 Å². The number of amidine groups is 1. The van der Waals surface area contributed by atoms with Gasteiger partial charge in [-0.25, -0.2) is 0 Å². The fraction of sp³-hybridized carbons (Fsp3) is 0.400. The fourth-order valence-corrected chi connectivity index (χ4v) is 1.63. The van der Waals surface area contributed by atoms with Crippen LogP contribution in [-0.2, 0) is 0 Å². The standard InChI is InChI=1S/C5H6N2S.BrH/c1-2-7-3-4-8-5(7)6-1;/h3-4H,1-2H2;1H. The van der Waals surface area contributed by atoms with Crippen molar-refractivity contribution in [1.82, 2.24) is 4.90 Å². The number of thioether (sulfide) groups is 1. The Balaban J connectivity index is 0.000000405. The van der Waals surface area contributed by atoms with Crippen molar-refractivity contribution in [2.24, 2.45) is 4.99 Å². The SMILES string of the molecule is Br.C1=CN2CCN=C2S1. The molecule has 0 aromatic carbocycles. The van der Waals surface area contributed by atoms with E-state index in [-0.39, 0.29) is 17.0 Å². The summed E-state index contributed by atoms with van der Waals surface area (Å²) in [4.78, 5) is 6.41. The summed E-state index contributed by atoms with van der Waals surface area (Å²) in [6.45, 7) is 2.06. The summed E-state index contributed by atoms with van der Waals surface area (Å²) < 4.78 is 0. The number of halogens is 1. The van der Waals surface area contributed by atoms with Crippen molar-refractivity contribution in [2.75, 3.05) is 13.1 Å². The number of hydrogen-bond acceptors (Lipinski definition) is 3. The van der Waals surface area contributed by atoms with Crippen molar-refractivity contribution < 1.29 is 0 Å². The molecule has 2 heterocycles. The summed E-state index contributed by atoms with van der Waals surface area (Å²) in [6, 6.07) is 0. The summed E-state index contributed by atoms with van der Waals surface area (Å²) >= 11 is 1.71. The molecule has 2 aliphatic rings. The van der Waals surface area contributed by atoms with Crippen LogP contribution in [-0.4, -0.2) is 23.2 Å². The van der Waals surface area contributed by atoms with E-state index in [1.807, 2.05) is 0 Å². The van der Waals surface area contributed by atoms with Crippen LogP contribution in [0.25, 0.3) is 0 Å². The lowest BCUT2D eigenvalue weighted by Gasteiger charge is -2.04. The lowest BCUT2D eigenvalue weighted by atomic mass is 10.6. The highest BCUT2D eigenvalue weighted by atomic mass is 79.9. The van der Waals surface area contributed by atoms with Gasteiger partial charge in [-0.15, -0.1) is 17.0 Å². The smallest absolute Gasteiger partial charge is 0.167 e. The molecule has 0 saturated carbocycles. The second-order valence-corrected chi connectivity index (χ2v) is 2.63. The van der Waals surface area contributed by atoms with Crippen LogP contribution in [0.15, 0.2) is 16.6 Å². The summed E-state index contributed by atoms with van der Waals surface area (Å²) in [7, 11) is 0. The summed E-state index contributed by atoms with van der Waals surface area (Å²) in [5.74, 6) is 0. The van der Waals surface area contributed by atoms with E-state index in [2.05, 4.69) is 21.5 Å². The maximum absolute atomic E-state index is 4.24. The van der Waals surface area contributed by atoms with Crippen LogP contribution in [0.4, 0.5) is 0 Å². The van der Waals surface area contributed by atoms with Crippen LogP contribution in [0.3, 0.4) is 0 Å². The largest absolute Gasteiger partial charge is 0.325 e. The zero-order valence-corrected chi connectivity index (χ0v) is 7.31. The van der Waals surface area contributed by atoms with Crippen LogP contribution >= 0.6 is 28.7 Å². The van der Waals surface area contributed by atoms with Crippen LogP contribution in [0.5, 0.6) is 0 Å². The van der Waals surface area contributed by atoms with Gasteiger partial charge in [0.05, 0.1) is 6.54 Å². The molecule has 0 amide bonds. The quantitative estimate of drug-likeness (QED) is 0.597. The molecule has 0 radical (unpaired) electrons. The molecule has 0 aromatic heterocycles. The topological polar surface area (TPSA) is 15.6 Å². The highest BCUT2D eigenvalue weighted by Gasteiger charge is 2.17. The maximum Gasteiger partial charge on any atom is 0.167 e. The molecular formula is C5H7BrN2S. The van der Waals surface area contributed by atoms with Crippen molar-refractivity contribution in [3.05, 3.63) is 11.6 Å². The zero-order chi connectivity index (χ0) is 5.40. The maximum atomic E-state index is 4.24. The number of rotatable bonds is 0. The van der Waals surface area contributed by atoms with Crippen molar-refractivity contribution in [2.45, 2.75) is 0 Å². The first-order chi connectivity index (χ1) is 3.97. The molecule has 0 N–H and O–H groups in total. The monoisotopic (exact) mass is 206 g/mol. The average Bonchev–Trinajstić information content (AvgIpc) is 2.15. The Morgan fingerprint density at radius 1 is 1.67 bits per heavy atom. The molecular weight excluding hydrogens is 200 g/mol. The van der Waals surface area contributed by atoms with Crippen LogP contribution < -0.4 is 0 Å². The molecule has 0 atom stereocenters. The minimum Gasteiger partial charge on any atom is -0.325 e. The van der Waals surface area contributed by atoms with E-state index in [1.54, 1.807) is 11.8 Å². The first kappa shape index (κ1) is 7.15. The molecule has 0 aliphatic carbocycles. The second kappa shape index (κ2) is 2.75. The third kappa shape index (κ3) is 1.14. The first-order valence-electron chi connectivity index (χ1n) is 2.61. The van der Waals surface area contributed by atoms with Gasteiger partial charge in [-0.1, -0.05) is 11.8 Å². The molecule has 2 rings (SSSR count). The molecule has 9 heavy (non-hydrogen) atoms. The molecule has 0 unspecified atom stereocenters. The van der Waals surface area contributed by atoms with E-state index in [1.165, 1.54) is 5.17 Å². The normalized spacial score (nSPS) is 21.3. The van der Waals surface area contributed by atoms with E-state index >= 15 is 0 Å². The highest BCUT2D eigenvalue weighted by molar-refractivity contribution is 8.93. The number of aliphatic imine (C=N–C) groups is 1. The number of hydrogen-bond donors (Lipinski definition) is 0. The molecule has 0 bridgehead atoms. The van der Waals surface area contributed by atoms with Crippen LogP contribution in [0.1, 0.15) is 0 Å². The fourth-order valence-electron chi connectivity index (χ4n) is 0.848. The molecule has 2 aliphatic heterocycles. The Morgan fingerprint density at radius 3 is 3.33 bits per heavy atom. The lowest BCUT2D eigenvalue weighted by Crippen LogP contribution is -2.14. The van der Waals surface area contributed by atoms with Crippen molar-refractivity contribution in [3.8, 4) is 0 Å². The highest BCUT2D eigenvalue weighted by Crippen LogP contribution is 2.21. The van der Waals surface area contributed by atoms with Gasteiger partial charge in [-0.05, 0) is 5.41 Å². The Bertz CT molecular complexity index is 166. The minimum atomic E-state index is 0. The molecule has 50 valence electrons. The van der Waals surface area contributed by atoms with E-state index < -0.39 is 0 Å². The molecule has 0 saturated heterocycles. The molecule has 2 nitrogen and oxygen atoms in total. The Kier molecular flexibility index (Phi) is 2.18. The third-order valence-corrected chi connectivity index (χ3v) is 2.08. The third-order valence-electron chi connectivity index (χ3n) is 1.25. The minimum absolute atomic E-state index is 0. The molecule has 4 heteroatoms. The van der Waals surface area contributed by atoms with Crippen molar-refractivity contribution in [3.63, 3.8) is 0 Å². The molecule has 0 fully saturated rings. The number of fused-ring (bicyclic) bond motifs is 1. The molecule has 0 spiro atoms. The van der Waals surface area contributed by atoms with E-state index in [0.29, 0.717) is 0 Å². The van der Waals surface area contributed by atoms with Crippen LogP contribution in [0, 0.1) is 0 Å². The lowest BCUT2D eigenvalue weighted by molar-refractivity contribution is 0.625. The van der Waals surface area contributed by atoms with Crippen LogP contribution in [0.2, 0.25) is 0 Å². The van der Waals surface area contributed by atoms with Gasteiger partial charge in [0.2, 0.25) is 0 Å². The summed E-state index contributed by atoms with van der Waals surface area (Å²) in [6.07, 6.45) is 2.08. The predicted molar refractivity (Wildman–Crippen MR) is 46.1 cm³/mol. The second-order valence-electron chi connectivity index (χ2n) is 1.76. The van der Waals surface area contributed by atoms with E-state index in [4.69, 9.17) is 0 Å². The van der Waals surface area contributed by atoms with Gasteiger partial charge in [0, 0.05) is 12.7 Å². The van der Waals surface area contributed by atoms with Gasteiger partial charge >= 0.3 is 0 Å². The first-order valence-corrected chi connectivity index (χ1v) is 3.49. The van der Waals surface area contributed by atoms with Gasteiger partial charge in [0.15, 0.2) is 5.17 Å².